The predicted molar refractivity (Wildman–Crippen MR) is 51.5 cm³/mol. The Morgan fingerprint density at radius 3 is 2.92 bits per heavy atom. The van der Waals surface area contributed by atoms with Gasteiger partial charge in [0.2, 0.25) is 0 Å². The van der Waals surface area contributed by atoms with Gasteiger partial charge in [0.1, 0.15) is 5.82 Å². The van der Waals surface area contributed by atoms with Crippen LogP contribution in [0.15, 0.2) is 22.2 Å². The van der Waals surface area contributed by atoms with Crippen molar-refractivity contribution in [1.82, 2.24) is 0 Å². The van der Waals surface area contributed by atoms with Crippen molar-refractivity contribution < 1.29 is 4.39 Å². The zero-order chi connectivity index (χ0) is 8.72. The van der Waals surface area contributed by atoms with Crippen LogP contribution in [0.4, 0.5) is 4.39 Å². The first-order valence-corrected chi connectivity index (χ1v) is 4.61. The molecule has 0 unspecified atom stereocenters. The number of rotatable bonds is 0. The van der Waals surface area contributed by atoms with Crippen LogP contribution in [0, 0.1) is 5.82 Å². The topological polar surface area (TPSA) is 0 Å². The van der Waals surface area contributed by atoms with E-state index in [0.717, 1.165) is 16.5 Å². The van der Waals surface area contributed by atoms with Crippen LogP contribution in [-0.2, 0) is 6.42 Å². The van der Waals surface area contributed by atoms with Gasteiger partial charge in [-0.2, -0.15) is 0 Å². The molecular weight excluding hydrogens is 219 g/mol. The van der Waals surface area contributed by atoms with Crippen LogP contribution >= 0.6 is 15.9 Å². The van der Waals surface area contributed by atoms with Gasteiger partial charge in [0.05, 0.1) is 0 Å². The second kappa shape index (κ2) is 2.70. The summed E-state index contributed by atoms with van der Waals surface area (Å²) in [5, 5.41) is 0. The number of benzene rings is 1. The molecule has 1 aromatic carbocycles. The lowest BCUT2D eigenvalue weighted by atomic mass is 10.1. The van der Waals surface area contributed by atoms with Gasteiger partial charge in [0.25, 0.3) is 0 Å². The number of halogens is 2. The highest BCUT2D eigenvalue weighted by Gasteiger charge is 2.13. The summed E-state index contributed by atoms with van der Waals surface area (Å²) in [6, 6.07) is 3.10. The summed E-state index contributed by atoms with van der Waals surface area (Å²) >= 11 is 3.35. The molecule has 0 atom stereocenters. The standard InChI is InChI=1S/C10H8BrF/c1-6-2-7-4-8(12)5-10(11)9(7)3-6/h2,4-5H,3H2,1H3. The average molecular weight is 227 g/mol. The highest BCUT2D eigenvalue weighted by Crippen LogP contribution is 2.31. The summed E-state index contributed by atoms with van der Waals surface area (Å²) in [6.07, 6.45) is 2.97. The first-order chi connectivity index (χ1) is 5.66. The van der Waals surface area contributed by atoms with Crippen LogP contribution in [0.3, 0.4) is 0 Å². The minimum Gasteiger partial charge on any atom is -0.207 e. The Morgan fingerprint density at radius 2 is 2.17 bits per heavy atom. The number of fused-ring (bicyclic) bond motifs is 1. The SMILES string of the molecule is CC1=Cc2cc(F)cc(Br)c2C1. The van der Waals surface area contributed by atoms with Crippen LogP contribution in [-0.4, -0.2) is 0 Å². The summed E-state index contributed by atoms with van der Waals surface area (Å²) in [5.74, 6) is -0.174. The molecule has 12 heavy (non-hydrogen) atoms. The third-order valence-electron chi connectivity index (χ3n) is 2.05. The second-order valence-electron chi connectivity index (χ2n) is 3.12. The fourth-order valence-electron chi connectivity index (χ4n) is 1.53. The van der Waals surface area contributed by atoms with E-state index in [1.165, 1.54) is 17.2 Å². The molecule has 0 saturated carbocycles. The summed E-state index contributed by atoms with van der Waals surface area (Å²) in [6.45, 7) is 2.06. The largest absolute Gasteiger partial charge is 0.207 e. The number of allylic oxidation sites excluding steroid dienone is 1. The van der Waals surface area contributed by atoms with E-state index < -0.39 is 0 Å². The summed E-state index contributed by atoms with van der Waals surface area (Å²) in [5.41, 5.74) is 3.50. The molecule has 2 rings (SSSR count). The van der Waals surface area contributed by atoms with Crippen LogP contribution in [0.5, 0.6) is 0 Å². The molecule has 0 heterocycles. The van der Waals surface area contributed by atoms with Crippen molar-refractivity contribution in [2.45, 2.75) is 13.3 Å². The minimum absolute atomic E-state index is 0.174. The number of hydrogen-bond acceptors (Lipinski definition) is 0. The maximum atomic E-state index is 12.9. The Labute approximate surface area is 79.2 Å². The fourth-order valence-corrected chi connectivity index (χ4v) is 2.12. The van der Waals surface area contributed by atoms with Gasteiger partial charge in [0.15, 0.2) is 0 Å². The monoisotopic (exact) mass is 226 g/mol. The highest BCUT2D eigenvalue weighted by atomic mass is 79.9. The lowest BCUT2D eigenvalue weighted by Crippen LogP contribution is -1.86. The van der Waals surface area contributed by atoms with Gasteiger partial charge >= 0.3 is 0 Å². The van der Waals surface area contributed by atoms with E-state index in [-0.39, 0.29) is 5.82 Å². The van der Waals surface area contributed by atoms with Gasteiger partial charge in [-0.1, -0.05) is 27.6 Å². The molecule has 62 valence electrons. The summed E-state index contributed by atoms with van der Waals surface area (Å²) < 4.78 is 13.8. The van der Waals surface area contributed by atoms with Crippen LogP contribution in [0.1, 0.15) is 18.1 Å². The van der Waals surface area contributed by atoms with Crippen molar-refractivity contribution in [2.24, 2.45) is 0 Å². The van der Waals surface area contributed by atoms with Crippen molar-refractivity contribution >= 4 is 22.0 Å². The first-order valence-electron chi connectivity index (χ1n) is 3.82. The predicted octanol–water partition coefficient (Wildman–Crippen LogP) is 3.55. The smallest absolute Gasteiger partial charge is 0.124 e. The first kappa shape index (κ1) is 7.99. The van der Waals surface area contributed by atoms with Gasteiger partial charge in [0, 0.05) is 4.47 Å². The van der Waals surface area contributed by atoms with Crippen LogP contribution < -0.4 is 0 Å². The van der Waals surface area contributed by atoms with Crippen molar-refractivity contribution in [2.75, 3.05) is 0 Å². The molecular formula is C10H8BrF. The summed E-state index contributed by atoms with van der Waals surface area (Å²) in [4.78, 5) is 0. The molecule has 0 bridgehead atoms. The van der Waals surface area contributed by atoms with Crippen molar-refractivity contribution in [3.05, 3.63) is 39.1 Å². The molecule has 0 spiro atoms. The zero-order valence-electron chi connectivity index (χ0n) is 6.70. The van der Waals surface area contributed by atoms with E-state index in [9.17, 15) is 4.39 Å². The van der Waals surface area contributed by atoms with Gasteiger partial charge in [-0.05, 0) is 36.6 Å². The van der Waals surface area contributed by atoms with Gasteiger partial charge in [-0.3, -0.25) is 0 Å². The molecule has 1 aliphatic rings. The molecule has 1 aromatic rings. The maximum Gasteiger partial charge on any atom is 0.124 e. The molecule has 1 aliphatic carbocycles. The quantitative estimate of drug-likeness (QED) is 0.635. The molecule has 0 nitrogen and oxygen atoms in total. The number of hydrogen-bond donors (Lipinski definition) is 0. The molecule has 0 amide bonds. The third-order valence-corrected chi connectivity index (χ3v) is 2.76. The Morgan fingerprint density at radius 1 is 1.42 bits per heavy atom. The van der Waals surface area contributed by atoms with Crippen molar-refractivity contribution in [3.63, 3.8) is 0 Å². The van der Waals surface area contributed by atoms with E-state index in [2.05, 4.69) is 22.9 Å². The fraction of sp³-hybridized carbons (Fsp3) is 0.200. The van der Waals surface area contributed by atoms with Crippen LogP contribution in [0.2, 0.25) is 0 Å². The Hall–Kier alpha value is -0.630. The average Bonchev–Trinajstić information content (AvgIpc) is 2.29. The molecule has 0 fully saturated rings. The van der Waals surface area contributed by atoms with Crippen molar-refractivity contribution in [3.8, 4) is 0 Å². The van der Waals surface area contributed by atoms with Crippen LogP contribution in [0.25, 0.3) is 6.08 Å². The van der Waals surface area contributed by atoms with E-state index >= 15 is 0 Å². The minimum atomic E-state index is -0.174. The lowest BCUT2D eigenvalue weighted by molar-refractivity contribution is 0.626. The second-order valence-corrected chi connectivity index (χ2v) is 3.98. The maximum absolute atomic E-state index is 12.9. The molecule has 0 aliphatic heterocycles. The van der Waals surface area contributed by atoms with E-state index in [1.54, 1.807) is 6.07 Å². The molecule has 0 aromatic heterocycles. The van der Waals surface area contributed by atoms with E-state index in [4.69, 9.17) is 0 Å². The van der Waals surface area contributed by atoms with E-state index in [0.29, 0.717) is 0 Å². The van der Waals surface area contributed by atoms with Gasteiger partial charge < -0.3 is 0 Å². The summed E-state index contributed by atoms with van der Waals surface area (Å²) in [7, 11) is 0. The normalized spacial score (nSPS) is 14.4. The Bertz CT molecular complexity index is 366. The molecule has 0 saturated heterocycles. The van der Waals surface area contributed by atoms with Gasteiger partial charge in [-0.15, -0.1) is 0 Å². The molecule has 2 heteroatoms. The van der Waals surface area contributed by atoms with Crippen molar-refractivity contribution in [1.29, 1.82) is 0 Å². The highest BCUT2D eigenvalue weighted by molar-refractivity contribution is 9.10. The zero-order valence-corrected chi connectivity index (χ0v) is 8.28. The lowest BCUT2D eigenvalue weighted by Gasteiger charge is -2.01. The van der Waals surface area contributed by atoms with E-state index in [1.807, 2.05) is 6.08 Å². The Kier molecular flexibility index (Phi) is 1.80. The molecule has 0 radical (unpaired) electrons. The third kappa shape index (κ3) is 1.20. The Balaban J connectivity index is 2.61. The van der Waals surface area contributed by atoms with Gasteiger partial charge in [-0.25, -0.2) is 4.39 Å². The molecule has 0 N–H and O–H groups in total.